The Balaban J connectivity index is 1.83. The maximum Gasteiger partial charge on any atom is 0.253 e. The number of benzene rings is 2. The lowest BCUT2D eigenvalue weighted by Gasteiger charge is -2.17. The molecule has 0 spiro atoms. The van der Waals surface area contributed by atoms with Crippen LogP contribution in [0.15, 0.2) is 53.0 Å². The van der Waals surface area contributed by atoms with Crippen molar-refractivity contribution in [3.05, 3.63) is 63.6 Å². The van der Waals surface area contributed by atoms with Gasteiger partial charge in [0.15, 0.2) is 0 Å². The molecule has 2 rings (SSSR count). The van der Waals surface area contributed by atoms with Gasteiger partial charge in [0.1, 0.15) is 12.4 Å². The van der Waals surface area contributed by atoms with E-state index < -0.39 is 0 Å². The Morgan fingerprint density at radius 3 is 2.38 bits per heavy atom. The molecule has 1 amide bonds. The zero-order chi connectivity index (χ0) is 15.2. The Hall–Kier alpha value is -1.52. The highest BCUT2D eigenvalue weighted by molar-refractivity contribution is 9.10. The second-order valence-corrected chi connectivity index (χ2v) is 5.89. The Labute approximate surface area is 137 Å². The standard InChI is InChI=1S/C16H15BrClNO2/c1-19(16(20)12-2-4-13(17)5-3-12)10-11-21-15-8-6-14(18)7-9-15/h2-9H,10-11H2,1H3. The number of likely N-dealkylation sites (N-methyl/N-ethyl adjacent to an activating group) is 1. The number of carbonyl (C=O) groups is 1. The van der Waals surface area contributed by atoms with Crippen LogP contribution >= 0.6 is 27.5 Å². The zero-order valence-corrected chi connectivity index (χ0v) is 13.9. The van der Waals surface area contributed by atoms with Gasteiger partial charge in [-0.25, -0.2) is 0 Å². The van der Waals surface area contributed by atoms with E-state index in [1.807, 2.05) is 12.1 Å². The molecule has 2 aromatic rings. The highest BCUT2D eigenvalue weighted by atomic mass is 79.9. The Kier molecular flexibility index (Phi) is 5.65. The fourth-order valence-electron chi connectivity index (χ4n) is 1.75. The molecule has 110 valence electrons. The molecule has 0 radical (unpaired) electrons. The van der Waals surface area contributed by atoms with Crippen LogP contribution < -0.4 is 4.74 Å². The maximum atomic E-state index is 12.2. The molecule has 0 atom stereocenters. The number of ether oxygens (including phenoxy) is 1. The van der Waals surface area contributed by atoms with Crippen LogP contribution in [0, 0.1) is 0 Å². The maximum absolute atomic E-state index is 12.2. The van der Waals surface area contributed by atoms with Crippen LogP contribution in [0.2, 0.25) is 5.02 Å². The van der Waals surface area contributed by atoms with Gasteiger partial charge in [0.25, 0.3) is 5.91 Å². The monoisotopic (exact) mass is 367 g/mol. The molecule has 0 bridgehead atoms. The van der Waals surface area contributed by atoms with Gasteiger partial charge in [-0.15, -0.1) is 0 Å². The third kappa shape index (κ3) is 4.76. The molecule has 0 saturated carbocycles. The number of halogens is 2. The summed E-state index contributed by atoms with van der Waals surface area (Å²) in [4.78, 5) is 13.8. The molecule has 0 unspecified atom stereocenters. The second kappa shape index (κ2) is 7.48. The second-order valence-electron chi connectivity index (χ2n) is 4.54. The molecule has 0 aliphatic rings. The minimum absolute atomic E-state index is 0.0257. The third-order valence-electron chi connectivity index (χ3n) is 2.95. The van der Waals surface area contributed by atoms with Gasteiger partial charge in [-0.1, -0.05) is 27.5 Å². The van der Waals surface area contributed by atoms with E-state index in [0.717, 1.165) is 10.2 Å². The smallest absolute Gasteiger partial charge is 0.253 e. The van der Waals surface area contributed by atoms with Gasteiger partial charge in [0.05, 0.1) is 6.54 Å². The molecule has 0 aliphatic carbocycles. The summed E-state index contributed by atoms with van der Waals surface area (Å²) in [5, 5.41) is 0.671. The molecule has 0 heterocycles. The summed E-state index contributed by atoms with van der Waals surface area (Å²) >= 11 is 9.16. The molecule has 0 N–H and O–H groups in total. The first-order valence-corrected chi connectivity index (χ1v) is 7.63. The van der Waals surface area contributed by atoms with Gasteiger partial charge in [0, 0.05) is 22.1 Å². The molecule has 5 heteroatoms. The van der Waals surface area contributed by atoms with Crippen LogP contribution in [0.1, 0.15) is 10.4 Å². The number of carbonyl (C=O) groups excluding carboxylic acids is 1. The normalized spacial score (nSPS) is 10.2. The predicted octanol–water partition coefficient (Wildman–Crippen LogP) is 4.25. The highest BCUT2D eigenvalue weighted by Gasteiger charge is 2.11. The van der Waals surface area contributed by atoms with E-state index in [9.17, 15) is 4.79 Å². The van der Waals surface area contributed by atoms with E-state index in [1.54, 1.807) is 48.3 Å². The first-order valence-electron chi connectivity index (χ1n) is 6.45. The van der Waals surface area contributed by atoms with Crippen molar-refractivity contribution in [2.75, 3.05) is 20.2 Å². The van der Waals surface area contributed by atoms with E-state index in [1.165, 1.54) is 0 Å². The summed E-state index contributed by atoms with van der Waals surface area (Å²) in [7, 11) is 1.76. The van der Waals surface area contributed by atoms with E-state index in [-0.39, 0.29) is 5.91 Å². The Morgan fingerprint density at radius 1 is 1.14 bits per heavy atom. The van der Waals surface area contributed by atoms with Crippen molar-refractivity contribution in [1.82, 2.24) is 4.90 Å². The van der Waals surface area contributed by atoms with Crippen molar-refractivity contribution in [2.45, 2.75) is 0 Å². The van der Waals surface area contributed by atoms with Gasteiger partial charge in [-0.3, -0.25) is 4.79 Å². The quantitative estimate of drug-likeness (QED) is 0.789. The van der Waals surface area contributed by atoms with Gasteiger partial charge in [-0.05, 0) is 48.5 Å². The molecule has 3 nitrogen and oxygen atoms in total. The summed E-state index contributed by atoms with van der Waals surface area (Å²) in [6.07, 6.45) is 0. The van der Waals surface area contributed by atoms with Crippen molar-refractivity contribution in [3.8, 4) is 5.75 Å². The van der Waals surface area contributed by atoms with Gasteiger partial charge in [0.2, 0.25) is 0 Å². The van der Waals surface area contributed by atoms with Crippen molar-refractivity contribution >= 4 is 33.4 Å². The van der Waals surface area contributed by atoms with Crippen molar-refractivity contribution < 1.29 is 9.53 Å². The van der Waals surface area contributed by atoms with Crippen LogP contribution in [0.25, 0.3) is 0 Å². The summed E-state index contributed by atoms with van der Waals surface area (Å²) in [6.45, 7) is 0.942. The van der Waals surface area contributed by atoms with E-state index in [0.29, 0.717) is 23.7 Å². The number of hydrogen-bond donors (Lipinski definition) is 0. The van der Waals surface area contributed by atoms with Crippen LogP contribution in [-0.2, 0) is 0 Å². The topological polar surface area (TPSA) is 29.5 Å². The van der Waals surface area contributed by atoms with E-state index in [4.69, 9.17) is 16.3 Å². The molecule has 2 aromatic carbocycles. The lowest BCUT2D eigenvalue weighted by atomic mass is 10.2. The minimum atomic E-state index is -0.0257. The lowest BCUT2D eigenvalue weighted by Crippen LogP contribution is -2.30. The first-order chi connectivity index (χ1) is 10.1. The minimum Gasteiger partial charge on any atom is -0.492 e. The van der Waals surface area contributed by atoms with E-state index in [2.05, 4.69) is 15.9 Å². The molecule has 0 fully saturated rings. The number of hydrogen-bond acceptors (Lipinski definition) is 2. The van der Waals surface area contributed by atoms with Gasteiger partial charge >= 0.3 is 0 Å². The molecule has 0 aromatic heterocycles. The predicted molar refractivity (Wildman–Crippen MR) is 88.0 cm³/mol. The van der Waals surface area contributed by atoms with E-state index >= 15 is 0 Å². The molecule has 0 saturated heterocycles. The Bertz CT molecular complexity index is 599. The number of nitrogens with zero attached hydrogens (tertiary/aromatic N) is 1. The third-order valence-corrected chi connectivity index (χ3v) is 3.73. The summed E-state index contributed by atoms with van der Waals surface area (Å²) in [5.41, 5.74) is 0.659. The van der Waals surface area contributed by atoms with Crippen LogP contribution in [0.3, 0.4) is 0 Å². The van der Waals surface area contributed by atoms with Crippen molar-refractivity contribution in [2.24, 2.45) is 0 Å². The highest BCUT2D eigenvalue weighted by Crippen LogP contribution is 2.15. The fourth-order valence-corrected chi connectivity index (χ4v) is 2.14. The molecular formula is C16H15BrClNO2. The molecule has 21 heavy (non-hydrogen) atoms. The summed E-state index contributed by atoms with van der Waals surface area (Å²) in [5.74, 6) is 0.714. The average Bonchev–Trinajstić information content (AvgIpc) is 2.49. The van der Waals surface area contributed by atoms with Crippen molar-refractivity contribution in [1.29, 1.82) is 0 Å². The average molecular weight is 369 g/mol. The van der Waals surface area contributed by atoms with Crippen LogP contribution in [0.4, 0.5) is 0 Å². The van der Waals surface area contributed by atoms with Crippen LogP contribution in [-0.4, -0.2) is 31.0 Å². The lowest BCUT2D eigenvalue weighted by molar-refractivity contribution is 0.0774. The zero-order valence-electron chi connectivity index (χ0n) is 11.6. The molecule has 0 aliphatic heterocycles. The van der Waals surface area contributed by atoms with Crippen molar-refractivity contribution in [3.63, 3.8) is 0 Å². The number of amides is 1. The fraction of sp³-hybridized carbons (Fsp3) is 0.188. The molecular weight excluding hydrogens is 354 g/mol. The summed E-state index contributed by atoms with van der Waals surface area (Å²) < 4.78 is 6.53. The van der Waals surface area contributed by atoms with Gasteiger partial charge in [-0.2, -0.15) is 0 Å². The van der Waals surface area contributed by atoms with Gasteiger partial charge < -0.3 is 9.64 Å². The summed E-state index contributed by atoms with van der Waals surface area (Å²) in [6, 6.07) is 14.4. The Morgan fingerprint density at radius 2 is 1.76 bits per heavy atom. The number of rotatable bonds is 5. The first kappa shape index (κ1) is 15.9. The SMILES string of the molecule is CN(CCOc1ccc(Cl)cc1)C(=O)c1ccc(Br)cc1. The van der Waals surface area contributed by atoms with Crippen LogP contribution in [0.5, 0.6) is 5.75 Å². The largest absolute Gasteiger partial charge is 0.492 e.